The van der Waals surface area contributed by atoms with E-state index in [4.69, 9.17) is 0 Å². The summed E-state index contributed by atoms with van der Waals surface area (Å²) >= 11 is 1.64. The molecular formula is C21H25N3O2S. The van der Waals surface area contributed by atoms with Gasteiger partial charge >= 0.3 is 0 Å². The van der Waals surface area contributed by atoms with Crippen LogP contribution in [0, 0.1) is 0 Å². The molecule has 0 aliphatic carbocycles. The van der Waals surface area contributed by atoms with E-state index >= 15 is 0 Å². The summed E-state index contributed by atoms with van der Waals surface area (Å²) in [6.45, 7) is 3.83. The molecule has 0 bridgehead atoms. The Bertz CT molecular complexity index is 899. The SMILES string of the molecule is CC(C)NC(=O)[C@H](Cc1c[nH]c2ccccc12)NC(=O)CCc1cccs1. The molecule has 27 heavy (non-hydrogen) atoms. The number of fused-ring (bicyclic) bond motifs is 1. The van der Waals surface area contributed by atoms with Crippen LogP contribution in [0.4, 0.5) is 0 Å². The first-order valence-corrected chi connectivity index (χ1v) is 10.1. The maximum atomic E-state index is 12.7. The predicted molar refractivity (Wildman–Crippen MR) is 110 cm³/mol. The van der Waals surface area contributed by atoms with Crippen LogP contribution in [0.25, 0.3) is 10.9 Å². The average Bonchev–Trinajstić information content (AvgIpc) is 3.29. The molecule has 0 saturated carbocycles. The number of nitrogens with one attached hydrogen (secondary N) is 3. The van der Waals surface area contributed by atoms with Gasteiger partial charge in [0.1, 0.15) is 6.04 Å². The minimum Gasteiger partial charge on any atom is -0.361 e. The average molecular weight is 384 g/mol. The Hall–Kier alpha value is -2.60. The first kappa shape index (κ1) is 19.2. The zero-order valence-corrected chi connectivity index (χ0v) is 16.4. The van der Waals surface area contributed by atoms with Crippen LogP contribution in [0.2, 0.25) is 0 Å². The molecule has 2 heterocycles. The summed E-state index contributed by atoms with van der Waals surface area (Å²) in [5, 5.41) is 8.92. The third kappa shape index (κ3) is 5.20. The van der Waals surface area contributed by atoms with E-state index in [2.05, 4.69) is 15.6 Å². The Balaban J connectivity index is 1.70. The van der Waals surface area contributed by atoms with Crippen molar-refractivity contribution in [3.8, 4) is 0 Å². The molecule has 0 radical (unpaired) electrons. The van der Waals surface area contributed by atoms with Crippen molar-refractivity contribution < 1.29 is 9.59 Å². The summed E-state index contributed by atoms with van der Waals surface area (Å²) in [6.07, 6.45) is 3.43. The smallest absolute Gasteiger partial charge is 0.243 e. The molecule has 3 rings (SSSR count). The Morgan fingerprint density at radius 1 is 1.11 bits per heavy atom. The van der Waals surface area contributed by atoms with Crippen LogP contribution in [-0.4, -0.2) is 28.9 Å². The second-order valence-corrected chi connectivity index (χ2v) is 7.96. The van der Waals surface area contributed by atoms with Gasteiger partial charge in [0.2, 0.25) is 11.8 Å². The Morgan fingerprint density at radius 3 is 2.67 bits per heavy atom. The number of carbonyl (C=O) groups excluding carboxylic acids is 2. The number of amides is 2. The number of hydrogen-bond acceptors (Lipinski definition) is 3. The number of aryl methyl sites for hydroxylation is 1. The highest BCUT2D eigenvalue weighted by Gasteiger charge is 2.23. The van der Waals surface area contributed by atoms with Gasteiger partial charge in [-0.05, 0) is 43.3 Å². The fourth-order valence-electron chi connectivity index (χ4n) is 3.07. The first-order valence-electron chi connectivity index (χ1n) is 9.20. The molecule has 0 unspecified atom stereocenters. The van der Waals surface area contributed by atoms with Crippen molar-refractivity contribution >= 4 is 34.1 Å². The van der Waals surface area contributed by atoms with Crippen molar-refractivity contribution in [2.24, 2.45) is 0 Å². The van der Waals surface area contributed by atoms with Crippen molar-refractivity contribution in [2.75, 3.05) is 0 Å². The number of carbonyl (C=O) groups is 2. The molecule has 142 valence electrons. The molecule has 3 aromatic rings. The lowest BCUT2D eigenvalue weighted by atomic mass is 10.0. The lowest BCUT2D eigenvalue weighted by Crippen LogP contribution is -2.49. The van der Waals surface area contributed by atoms with Gasteiger partial charge < -0.3 is 15.6 Å². The normalized spacial score (nSPS) is 12.3. The second kappa shape index (κ2) is 8.86. The van der Waals surface area contributed by atoms with Crippen LogP contribution in [0.3, 0.4) is 0 Å². The van der Waals surface area contributed by atoms with Gasteiger partial charge in [0.15, 0.2) is 0 Å². The van der Waals surface area contributed by atoms with Crippen LogP contribution in [-0.2, 0) is 22.4 Å². The molecule has 6 heteroatoms. The highest BCUT2D eigenvalue weighted by molar-refractivity contribution is 7.09. The van der Waals surface area contributed by atoms with E-state index in [0.29, 0.717) is 19.3 Å². The van der Waals surface area contributed by atoms with Crippen LogP contribution in [0.1, 0.15) is 30.7 Å². The summed E-state index contributed by atoms with van der Waals surface area (Å²) < 4.78 is 0. The van der Waals surface area contributed by atoms with Gasteiger partial charge in [0.25, 0.3) is 0 Å². The summed E-state index contributed by atoms with van der Waals surface area (Å²) in [4.78, 5) is 29.5. The standard InChI is InChI=1S/C21H25N3O2S/c1-14(2)23-21(26)19(24-20(25)10-9-16-6-5-11-27-16)12-15-13-22-18-8-4-3-7-17(15)18/h3-8,11,13-14,19,22H,9-10,12H2,1-2H3,(H,23,26)(H,24,25)/t19-/m0/s1. The highest BCUT2D eigenvalue weighted by atomic mass is 32.1. The summed E-state index contributed by atoms with van der Waals surface area (Å²) in [5.74, 6) is -0.257. The van der Waals surface area contributed by atoms with E-state index in [1.807, 2.05) is 61.8 Å². The Kier molecular flexibility index (Phi) is 6.29. The highest BCUT2D eigenvalue weighted by Crippen LogP contribution is 2.19. The van der Waals surface area contributed by atoms with Gasteiger partial charge in [-0.3, -0.25) is 9.59 Å². The quantitative estimate of drug-likeness (QED) is 0.558. The lowest BCUT2D eigenvalue weighted by molar-refractivity contribution is -0.129. The monoisotopic (exact) mass is 383 g/mol. The van der Waals surface area contributed by atoms with Crippen molar-refractivity contribution in [3.05, 3.63) is 58.4 Å². The van der Waals surface area contributed by atoms with Crippen molar-refractivity contribution in [2.45, 2.75) is 45.2 Å². The van der Waals surface area contributed by atoms with Gasteiger partial charge in [-0.2, -0.15) is 0 Å². The number of para-hydroxylation sites is 1. The number of H-pyrrole nitrogens is 1. The molecular weight excluding hydrogens is 358 g/mol. The van der Waals surface area contributed by atoms with Crippen LogP contribution in [0.15, 0.2) is 48.0 Å². The van der Waals surface area contributed by atoms with E-state index in [1.165, 1.54) is 4.88 Å². The molecule has 1 atom stereocenters. The topological polar surface area (TPSA) is 74.0 Å². The number of aromatic nitrogens is 1. The Labute approximate surface area is 163 Å². The molecule has 2 amide bonds. The van der Waals surface area contributed by atoms with Crippen molar-refractivity contribution in [3.63, 3.8) is 0 Å². The maximum Gasteiger partial charge on any atom is 0.243 e. The van der Waals surface area contributed by atoms with Gasteiger partial charge in [-0.15, -0.1) is 11.3 Å². The van der Waals surface area contributed by atoms with Crippen molar-refractivity contribution in [1.29, 1.82) is 0 Å². The lowest BCUT2D eigenvalue weighted by Gasteiger charge is -2.20. The minimum absolute atomic E-state index is 0.0194. The zero-order chi connectivity index (χ0) is 19.2. The zero-order valence-electron chi connectivity index (χ0n) is 15.6. The number of aromatic amines is 1. The second-order valence-electron chi connectivity index (χ2n) is 6.93. The third-order valence-electron chi connectivity index (χ3n) is 4.36. The molecule has 0 fully saturated rings. The molecule has 0 aliphatic heterocycles. The number of hydrogen-bond donors (Lipinski definition) is 3. The predicted octanol–water partition coefficient (Wildman–Crippen LogP) is 3.41. The van der Waals surface area contributed by atoms with Gasteiger partial charge in [-0.25, -0.2) is 0 Å². The molecule has 1 aromatic carbocycles. The van der Waals surface area contributed by atoms with Crippen molar-refractivity contribution in [1.82, 2.24) is 15.6 Å². The number of rotatable bonds is 8. The van der Waals surface area contributed by atoms with E-state index in [9.17, 15) is 9.59 Å². The van der Waals surface area contributed by atoms with Gasteiger partial charge in [-0.1, -0.05) is 24.3 Å². The fraction of sp³-hybridized carbons (Fsp3) is 0.333. The van der Waals surface area contributed by atoms with E-state index in [1.54, 1.807) is 11.3 Å². The van der Waals surface area contributed by atoms with E-state index in [-0.39, 0.29) is 17.9 Å². The summed E-state index contributed by atoms with van der Waals surface area (Å²) in [6, 6.07) is 11.4. The number of thiophene rings is 1. The molecule has 2 aromatic heterocycles. The number of benzene rings is 1. The maximum absolute atomic E-state index is 12.7. The largest absolute Gasteiger partial charge is 0.361 e. The molecule has 5 nitrogen and oxygen atoms in total. The minimum atomic E-state index is -0.595. The summed E-state index contributed by atoms with van der Waals surface area (Å²) in [5.41, 5.74) is 2.05. The van der Waals surface area contributed by atoms with E-state index < -0.39 is 6.04 Å². The van der Waals surface area contributed by atoms with E-state index in [0.717, 1.165) is 16.5 Å². The van der Waals surface area contributed by atoms with Gasteiger partial charge in [0.05, 0.1) is 0 Å². The molecule has 0 saturated heterocycles. The fourth-order valence-corrected chi connectivity index (χ4v) is 3.78. The van der Waals surface area contributed by atoms with Gasteiger partial charge in [0, 0.05) is 40.9 Å². The van der Waals surface area contributed by atoms with Crippen LogP contribution < -0.4 is 10.6 Å². The molecule has 0 spiro atoms. The first-order chi connectivity index (χ1) is 13.0. The third-order valence-corrected chi connectivity index (χ3v) is 5.30. The van der Waals surface area contributed by atoms with Crippen LogP contribution in [0.5, 0.6) is 0 Å². The van der Waals surface area contributed by atoms with Crippen LogP contribution >= 0.6 is 11.3 Å². The molecule has 0 aliphatic rings. The summed E-state index contributed by atoms with van der Waals surface area (Å²) in [7, 11) is 0. The Morgan fingerprint density at radius 2 is 1.93 bits per heavy atom. The molecule has 3 N–H and O–H groups in total.